The third-order valence-corrected chi connectivity index (χ3v) is 9.21. The normalized spacial score (nSPS) is 22.3. The molecule has 4 aliphatic rings. The van der Waals surface area contributed by atoms with Gasteiger partial charge in [0.15, 0.2) is 0 Å². The van der Waals surface area contributed by atoms with E-state index in [0.717, 1.165) is 55.7 Å². The maximum atomic E-state index is 14.1. The summed E-state index contributed by atoms with van der Waals surface area (Å²) in [6.45, 7) is 12.6. The number of hydrogen-bond donors (Lipinski definition) is 0. The molecule has 0 saturated carbocycles. The molecule has 0 unspecified atom stereocenters. The molecule has 0 radical (unpaired) electrons. The predicted molar refractivity (Wildman–Crippen MR) is 155 cm³/mol. The first kappa shape index (κ1) is 26.7. The van der Waals surface area contributed by atoms with Crippen molar-refractivity contribution in [2.75, 3.05) is 56.2 Å². The number of likely N-dealkylation sites (tertiary alicyclic amines) is 1. The van der Waals surface area contributed by atoms with Gasteiger partial charge in [-0.3, -0.25) is 9.59 Å². The van der Waals surface area contributed by atoms with Crippen LogP contribution in [-0.2, 0) is 23.2 Å². The van der Waals surface area contributed by atoms with E-state index < -0.39 is 0 Å². The Morgan fingerprint density at radius 2 is 1.95 bits per heavy atom. The number of fused-ring (bicyclic) bond motifs is 2. The van der Waals surface area contributed by atoms with Gasteiger partial charge in [-0.1, -0.05) is 32.6 Å². The van der Waals surface area contributed by atoms with Crippen molar-refractivity contribution in [3.63, 3.8) is 0 Å². The average Bonchev–Trinajstić information content (AvgIpc) is 3.52. The van der Waals surface area contributed by atoms with E-state index in [9.17, 15) is 9.59 Å². The van der Waals surface area contributed by atoms with Crippen LogP contribution in [0.25, 0.3) is 0 Å². The fraction of sp³-hybridized carbons (Fsp3) is 0.548. The number of carbonyl (C=O) groups is 2. The first-order valence-electron chi connectivity index (χ1n) is 14.6. The van der Waals surface area contributed by atoms with Gasteiger partial charge in [-0.25, -0.2) is 0 Å². The number of ether oxygens (including phenoxy) is 1. The zero-order valence-electron chi connectivity index (χ0n) is 24.0. The SMILES string of the molecule is C=CC(=O)N1CCN(c2nc(OC[C@@H]3CCCN3C)nc3c2CN(c2cccc4c2C(C)(C)CCC4)C3=O)CC1. The lowest BCUT2D eigenvalue weighted by molar-refractivity contribution is -0.126. The molecule has 9 nitrogen and oxygen atoms in total. The van der Waals surface area contributed by atoms with Crippen molar-refractivity contribution in [1.82, 2.24) is 19.8 Å². The van der Waals surface area contributed by atoms with Crippen molar-refractivity contribution in [3.8, 4) is 6.01 Å². The van der Waals surface area contributed by atoms with Gasteiger partial charge in [-0.05, 0) is 74.4 Å². The van der Waals surface area contributed by atoms with Crippen LogP contribution in [0.4, 0.5) is 11.5 Å². The van der Waals surface area contributed by atoms with E-state index in [2.05, 4.69) is 55.5 Å². The molecule has 0 N–H and O–H groups in total. The topological polar surface area (TPSA) is 82.1 Å². The smallest absolute Gasteiger partial charge is 0.319 e. The van der Waals surface area contributed by atoms with E-state index >= 15 is 0 Å². The summed E-state index contributed by atoms with van der Waals surface area (Å²) >= 11 is 0. The van der Waals surface area contributed by atoms with E-state index in [1.165, 1.54) is 17.2 Å². The van der Waals surface area contributed by atoms with Crippen molar-refractivity contribution in [2.45, 2.75) is 64.0 Å². The van der Waals surface area contributed by atoms with E-state index in [0.29, 0.717) is 51.1 Å². The zero-order valence-corrected chi connectivity index (χ0v) is 24.0. The molecule has 2 saturated heterocycles. The lowest BCUT2D eigenvalue weighted by Crippen LogP contribution is -2.48. The minimum atomic E-state index is -0.100. The quantitative estimate of drug-likeness (QED) is 0.515. The van der Waals surface area contributed by atoms with Gasteiger partial charge in [0.25, 0.3) is 5.91 Å². The van der Waals surface area contributed by atoms with Crippen LogP contribution in [0.5, 0.6) is 6.01 Å². The number of amides is 2. The molecule has 1 aromatic carbocycles. The Kier molecular flexibility index (Phi) is 7.02. The first-order chi connectivity index (χ1) is 19.3. The Morgan fingerprint density at radius 1 is 1.15 bits per heavy atom. The molecule has 9 heteroatoms. The van der Waals surface area contributed by atoms with Crippen LogP contribution < -0.4 is 14.5 Å². The van der Waals surface area contributed by atoms with Gasteiger partial charge in [0.2, 0.25) is 5.91 Å². The molecular weight excluding hydrogens is 504 g/mol. The van der Waals surface area contributed by atoms with E-state index in [1.54, 1.807) is 4.90 Å². The number of aromatic nitrogens is 2. The fourth-order valence-electron chi connectivity index (χ4n) is 6.93. The fourth-order valence-corrected chi connectivity index (χ4v) is 6.93. The van der Waals surface area contributed by atoms with Gasteiger partial charge in [-0.15, -0.1) is 0 Å². The molecule has 212 valence electrons. The first-order valence-corrected chi connectivity index (χ1v) is 14.6. The molecule has 2 aromatic rings. The number of benzene rings is 1. The predicted octanol–water partition coefficient (Wildman–Crippen LogP) is 3.56. The van der Waals surface area contributed by atoms with Crippen LogP contribution in [0.1, 0.15) is 66.7 Å². The summed E-state index contributed by atoms with van der Waals surface area (Å²) in [4.78, 5) is 44.0. The molecule has 40 heavy (non-hydrogen) atoms. The van der Waals surface area contributed by atoms with Crippen molar-refractivity contribution in [1.29, 1.82) is 0 Å². The molecule has 2 amide bonds. The van der Waals surface area contributed by atoms with Crippen LogP contribution >= 0.6 is 0 Å². The highest BCUT2D eigenvalue weighted by molar-refractivity contribution is 6.10. The lowest BCUT2D eigenvalue weighted by Gasteiger charge is -2.36. The summed E-state index contributed by atoms with van der Waals surface area (Å²) in [6, 6.07) is 6.93. The van der Waals surface area contributed by atoms with E-state index in [1.807, 2.05) is 4.90 Å². The molecular formula is C31H40N6O3. The Bertz CT molecular complexity index is 1330. The van der Waals surface area contributed by atoms with Crippen molar-refractivity contribution in [3.05, 3.63) is 53.2 Å². The Balaban J connectivity index is 1.34. The van der Waals surface area contributed by atoms with E-state index in [-0.39, 0.29) is 23.2 Å². The van der Waals surface area contributed by atoms with Gasteiger partial charge in [0.1, 0.15) is 18.1 Å². The summed E-state index contributed by atoms with van der Waals surface area (Å²) in [5.74, 6) is 0.581. The van der Waals surface area contributed by atoms with E-state index in [4.69, 9.17) is 14.7 Å². The van der Waals surface area contributed by atoms with Crippen LogP contribution in [0.2, 0.25) is 0 Å². The largest absolute Gasteiger partial charge is 0.462 e. The van der Waals surface area contributed by atoms with Gasteiger partial charge in [0, 0.05) is 43.5 Å². The number of likely N-dealkylation sites (N-methyl/N-ethyl adjacent to an activating group) is 1. The molecule has 0 bridgehead atoms. The van der Waals surface area contributed by atoms with Gasteiger partial charge in [0.05, 0.1) is 6.54 Å². The highest BCUT2D eigenvalue weighted by Crippen LogP contribution is 2.45. The summed E-state index contributed by atoms with van der Waals surface area (Å²) in [5, 5.41) is 0. The molecule has 0 spiro atoms. The standard InChI is InChI=1S/C31H40N6O3/c1-5-25(38)35-15-17-36(18-16-35)28-23-19-37(24-12-6-9-21-10-7-13-31(2,3)26(21)24)29(39)27(23)32-30(33-28)40-20-22-11-8-14-34(22)4/h5-6,9,12,22H,1,7-8,10-11,13-20H2,2-4H3/t22-/m0/s1. The summed E-state index contributed by atoms with van der Waals surface area (Å²) in [5.41, 5.74) is 4.84. The van der Waals surface area contributed by atoms with Crippen molar-refractivity contribution >= 4 is 23.3 Å². The molecule has 2 fully saturated rings. The molecule has 6 rings (SSSR count). The minimum Gasteiger partial charge on any atom is -0.462 e. The second-order valence-electron chi connectivity index (χ2n) is 12.2. The summed E-state index contributed by atoms with van der Waals surface area (Å²) < 4.78 is 6.17. The number of rotatable bonds is 6. The van der Waals surface area contributed by atoms with Gasteiger partial charge in [-0.2, -0.15) is 9.97 Å². The van der Waals surface area contributed by atoms with Crippen molar-refractivity contribution in [2.24, 2.45) is 0 Å². The molecule has 1 atom stereocenters. The molecule has 3 aliphatic heterocycles. The monoisotopic (exact) mass is 544 g/mol. The number of aryl methyl sites for hydroxylation is 1. The summed E-state index contributed by atoms with van der Waals surface area (Å²) in [7, 11) is 2.11. The second kappa shape index (κ2) is 10.5. The van der Waals surface area contributed by atoms with Gasteiger partial charge >= 0.3 is 6.01 Å². The Hall–Kier alpha value is -3.46. The molecule has 4 heterocycles. The van der Waals surface area contributed by atoms with Crippen LogP contribution in [0, 0.1) is 0 Å². The zero-order chi connectivity index (χ0) is 28.0. The average molecular weight is 545 g/mol. The molecule has 1 aromatic heterocycles. The van der Waals surface area contributed by atoms with Crippen LogP contribution in [0.15, 0.2) is 30.9 Å². The Morgan fingerprint density at radius 3 is 2.67 bits per heavy atom. The highest BCUT2D eigenvalue weighted by Gasteiger charge is 2.40. The third-order valence-electron chi connectivity index (χ3n) is 9.21. The summed E-state index contributed by atoms with van der Waals surface area (Å²) in [6.07, 6.45) is 6.88. The highest BCUT2D eigenvalue weighted by atomic mass is 16.5. The third kappa shape index (κ3) is 4.74. The van der Waals surface area contributed by atoms with Crippen LogP contribution in [0.3, 0.4) is 0 Å². The van der Waals surface area contributed by atoms with Crippen molar-refractivity contribution < 1.29 is 14.3 Å². The number of piperazine rings is 1. The molecule has 1 aliphatic carbocycles. The van der Waals surface area contributed by atoms with Gasteiger partial charge < -0.3 is 24.3 Å². The minimum absolute atomic E-state index is 0.0106. The maximum absolute atomic E-state index is 14.1. The van der Waals surface area contributed by atoms with Crippen LogP contribution in [-0.4, -0.2) is 84.0 Å². The lowest BCUT2D eigenvalue weighted by atomic mass is 9.72. The number of carbonyl (C=O) groups excluding carboxylic acids is 2. The number of anilines is 2. The Labute approximate surface area is 236 Å². The maximum Gasteiger partial charge on any atom is 0.319 e. The number of nitrogens with zero attached hydrogens (tertiary/aromatic N) is 6. The second-order valence-corrected chi connectivity index (χ2v) is 12.2. The number of hydrogen-bond acceptors (Lipinski definition) is 7.